The van der Waals surface area contributed by atoms with Gasteiger partial charge >= 0.3 is 0 Å². The molecule has 1 unspecified atom stereocenters. The van der Waals surface area contributed by atoms with Crippen molar-refractivity contribution in [2.75, 3.05) is 0 Å². The van der Waals surface area contributed by atoms with Crippen molar-refractivity contribution in [2.24, 2.45) is 5.73 Å². The van der Waals surface area contributed by atoms with Gasteiger partial charge in [0.2, 0.25) is 0 Å². The molecule has 0 aliphatic heterocycles. The molecule has 5 nitrogen and oxygen atoms in total. The number of hydrogen-bond donors (Lipinski definition) is 1. The molecule has 0 aliphatic carbocycles. The summed E-state index contributed by atoms with van der Waals surface area (Å²) in [6, 6.07) is 7.40. The van der Waals surface area contributed by atoms with E-state index in [9.17, 15) is 0 Å². The first-order valence-corrected chi connectivity index (χ1v) is 6.28. The monoisotopic (exact) mass is 253 g/mol. The Labute approximate surface area is 111 Å². The van der Waals surface area contributed by atoms with Crippen molar-refractivity contribution in [2.45, 2.75) is 19.5 Å². The smallest absolute Gasteiger partial charge is 0.131 e. The van der Waals surface area contributed by atoms with E-state index in [1.54, 1.807) is 12.4 Å². The maximum absolute atomic E-state index is 6.24. The molecule has 0 aliphatic rings. The lowest BCUT2D eigenvalue weighted by Crippen LogP contribution is -2.19. The first-order chi connectivity index (χ1) is 9.29. The predicted octanol–water partition coefficient (Wildman–Crippen LogP) is 1.89. The molecule has 96 valence electrons. The van der Waals surface area contributed by atoms with Crippen LogP contribution in [0.25, 0.3) is 11.0 Å². The lowest BCUT2D eigenvalue weighted by atomic mass is 10.2. The molecular weight excluding hydrogens is 238 g/mol. The molecule has 0 saturated carbocycles. The fourth-order valence-electron chi connectivity index (χ4n) is 2.12. The van der Waals surface area contributed by atoms with Gasteiger partial charge in [-0.25, -0.2) is 9.97 Å². The highest BCUT2D eigenvalue weighted by Gasteiger charge is 2.16. The number of nitrogens with zero attached hydrogens (tertiary/aromatic N) is 4. The van der Waals surface area contributed by atoms with Gasteiger partial charge in [-0.1, -0.05) is 12.1 Å². The minimum absolute atomic E-state index is 0.355. The second-order valence-corrected chi connectivity index (χ2v) is 4.33. The van der Waals surface area contributed by atoms with E-state index in [2.05, 4.69) is 21.9 Å². The largest absolute Gasteiger partial charge is 0.334 e. The average Bonchev–Trinajstić information content (AvgIpc) is 2.94. The van der Waals surface area contributed by atoms with Gasteiger partial charge in [-0.2, -0.15) is 0 Å². The lowest BCUT2D eigenvalue weighted by Gasteiger charge is -2.12. The van der Waals surface area contributed by atoms with Crippen LogP contribution in [-0.4, -0.2) is 19.5 Å². The summed E-state index contributed by atoms with van der Waals surface area (Å²) in [7, 11) is 0. The van der Waals surface area contributed by atoms with Gasteiger partial charge in [-0.15, -0.1) is 0 Å². The van der Waals surface area contributed by atoms with Crippen LogP contribution in [0.2, 0.25) is 0 Å². The highest BCUT2D eigenvalue weighted by atomic mass is 15.1. The number of aromatic nitrogens is 4. The highest BCUT2D eigenvalue weighted by molar-refractivity contribution is 5.73. The topological polar surface area (TPSA) is 69.6 Å². The van der Waals surface area contributed by atoms with Crippen molar-refractivity contribution in [3.8, 4) is 0 Å². The minimum Gasteiger partial charge on any atom is -0.334 e. The number of nitrogens with two attached hydrogens (primary N) is 1. The van der Waals surface area contributed by atoms with E-state index in [0.29, 0.717) is 0 Å². The fraction of sp³-hybridized carbons (Fsp3) is 0.214. The van der Waals surface area contributed by atoms with Crippen LogP contribution < -0.4 is 5.73 Å². The van der Waals surface area contributed by atoms with Gasteiger partial charge in [0.1, 0.15) is 11.9 Å². The number of imidazole rings is 1. The van der Waals surface area contributed by atoms with Crippen molar-refractivity contribution < 1.29 is 0 Å². The van der Waals surface area contributed by atoms with Gasteiger partial charge in [0.15, 0.2) is 0 Å². The van der Waals surface area contributed by atoms with Crippen molar-refractivity contribution in [3.63, 3.8) is 0 Å². The molecule has 0 saturated heterocycles. The average molecular weight is 253 g/mol. The SMILES string of the molecule is CCn1ccnc1C(N)c1cnc2ccccc2n1. The zero-order valence-electron chi connectivity index (χ0n) is 10.7. The number of rotatable bonds is 3. The summed E-state index contributed by atoms with van der Waals surface area (Å²) < 4.78 is 2.02. The van der Waals surface area contributed by atoms with E-state index in [-0.39, 0.29) is 6.04 Å². The van der Waals surface area contributed by atoms with Crippen LogP contribution >= 0.6 is 0 Å². The molecule has 0 bridgehead atoms. The Kier molecular flexibility index (Phi) is 2.97. The van der Waals surface area contributed by atoms with Gasteiger partial charge in [-0.3, -0.25) is 4.98 Å². The highest BCUT2D eigenvalue weighted by Crippen LogP contribution is 2.18. The summed E-state index contributed by atoms with van der Waals surface area (Å²) in [5.74, 6) is 0.812. The van der Waals surface area contributed by atoms with Crippen molar-refractivity contribution >= 4 is 11.0 Å². The molecule has 2 heterocycles. The van der Waals surface area contributed by atoms with Gasteiger partial charge in [-0.05, 0) is 19.1 Å². The van der Waals surface area contributed by atoms with Gasteiger partial charge in [0.25, 0.3) is 0 Å². The van der Waals surface area contributed by atoms with E-state index in [4.69, 9.17) is 5.73 Å². The maximum atomic E-state index is 6.24. The third kappa shape index (κ3) is 2.08. The Morgan fingerprint density at radius 2 is 2.00 bits per heavy atom. The van der Waals surface area contributed by atoms with Crippen molar-refractivity contribution in [1.82, 2.24) is 19.5 Å². The molecule has 1 atom stereocenters. The minimum atomic E-state index is -0.355. The third-order valence-corrected chi connectivity index (χ3v) is 3.15. The summed E-state index contributed by atoms with van der Waals surface area (Å²) in [5.41, 5.74) is 8.70. The zero-order valence-corrected chi connectivity index (χ0v) is 10.7. The summed E-state index contributed by atoms with van der Waals surface area (Å²) in [6.07, 6.45) is 5.40. The number of aryl methyl sites for hydroxylation is 1. The molecule has 0 radical (unpaired) electrons. The molecule has 2 aromatic heterocycles. The van der Waals surface area contributed by atoms with E-state index >= 15 is 0 Å². The standard InChI is InChI=1S/C14H15N5/c1-2-19-8-7-16-14(19)13(15)12-9-17-10-5-3-4-6-11(10)18-12/h3-9,13H,2,15H2,1H3. The molecule has 19 heavy (non-hydrogen) atoms. The van der Waals surface area contributed by atoms with Crippen LogP contribution in [-0.2, 0) is 6.54 Å². The Morgan fingerprint density at radius 1 is 1.21 bits per heavy atom. The van der Waals surface area contributed by atoms with Crippen LogP contribution in [0.1, 0.15) is 24.5 Å². The Morgan fingerprint density at radius 3 is 2.79 bits per heavy atom. The quantitative estimate of drug-likeness (QED) is 0.774. The van der Waals surface area contributed by atoms with Crippen LogP contribution in [0.3, 0.4) is 0 Å². The van der Waals surface area contributed by atoms with Crippen LogP contribution in [0.4, 0.5) is 0 Å². The van der Waals surface area contributed by atoms with Crippen LogP contribution in [0.15, 0.2) is 42.9 Å². The first kappa shape index (κ1) is 11.8. The summed E-state index contributed by atoms with van der Waals surface area (Å²) in [5, 5.41) is 0. The van der Waals surface area contributed by atoms with E-state index in [1.165, 1.54) is 0 Å². The molecule has 1 aromatic carbocycles. The number of fused-ring (bicyclic) bond motifs is 1. The molecule has 2 N–H and O–H groups in total. The number of hydrogen-bond acceptors (Lipinski definition) is 4. The van der Waals surface area contributed by atoms with E-state index in [1.807, 2.05) is 35.0 Å². The first-order valence-electron chi connectivity index (χ1n) is 6.28. The molecule has 5 heteroatoms. The normalized spacial score (nSPS) is 12.7. The molecule has 0 fully saturated rings. The Balaban J connectivity index is 2.04. The summed E-state index contributed by atoms with van der Waals surface area (Å²) in [4.78, 5) is 13.3. The van der Waals surface area contributed by atoms with E-state index in [0.717, 1.165) is 29.1 Å². The number of para-hydroxylation sites is 2. The Hall–Kier alpha value is -2.27. The molecule has 3 rings (SSSR count). The summed E-state index contributed by atoms with van der Waals surface area (Å²) >= 11 is 0. The molecule has 0 spiro atoms. The fourth-order valence-corrected chi connectivity index (χ4v) is 2.12. The second kappa shape index (κ2) is 4.78. The van der Waals surface area contributed by atoms with Crippen LogP contribution in [0.5, 0.6) is 0 Å². The second-order valence-electron chi connectivity index (χ2n) is 4.33. The van der Waals surface area contributed by atoms with Crippen molar-refractivity contribution in [3.05, 3.63) is 54.4 Å². The predicted molar refractivity (Wildman–Crippen MR) is 73.5 cm³/mol. The van der Waals surface area contributed by atoms with Gasteiger partial charge in [0, 0.05) is 18.9 Å². The van der Waals surface area contributed by atoms with Gasteiger partial charge < -0.3 is 10.3 Å². The summed E-state index contributed by atoms with van der Waals surface area (Å²) in [6.45, 7) is 2.90. The molecule has 0 amide bonds. The molecule has 3 aromatic rings. The van der Waals surface area contributed by atoms with Gasteiger partial charge in [0.05, 0.1) is 22.9 Å². The zero-order chi connectivity index (χ0) is 13.2. The van der Waals surface area contributed by atoms with Crippen LogP contribution in [0, 0.1) is 0 Å². The van der Waals surface area contributed by atoms with Crippen molar-refractivity contribution in [1.29, 1.82) is 0 Å². The third-order valence-electron chi connectivity index (χ3n) is 3.15. The molecular formula is C14H15N5. The Bertz CT molecular complexity index is 704. The van der Waals surface area contributed by atoms with E-state index < -0.39 is 0 Å². The maximum Gasteiger partial charge on any atom is 0.131 e. The number of benzene rings is 1. The lowest BCUT2D eigenvalue weighted by molar-refractivity contribution is 0.647.